The predicted octanol–water partition coefficient (Wildman–Crippen LogP) is 2.32. The summed E-state index contributed by atoms with van der Waals surface area (Å²) in [7, 11) is 4.00. The molecule has 1 fully saturated rings. The van der Waals surface area contributed by atoms with Crippen molar-refractivity contribution in [3.63, 3.8) is 0 Å². The number of hydrogen-bond acceptors (Lipinski definition) is 3. The van der Waals surface area contributed by atoms with Crippen LogP contribution < -0.4 is 10.5 Å². The van der Waals surface area contributed by atoms with Crippen LogP contribution in [0.2, 0.25) is 0 Å². The molecule has 3 heteroatoms. The molecule has 20 heavy (non-hydrogen) atoms. The number of nitrogens with two attached hydrogens (primary N) is 1. The Hall–Kier alpha value is -1.06. The maximum atomic E-state index is 6.21. The zero-order chi connectivity index (χ0) is 14.1. The molecule has 1 aliphatic carbocycles. The highest BCUT2D eigenvalue weighted by atomic mass is 16.5. The van der Waals surface area contributed by atoms with Crippen LogP contribution in [0.4, 0.5) is 0 Å². The number of likely N-dealkylation sites (tertiary alicyclic amines) is 1. The molecule has 1 aliphatic heterocycles. The van der Waals surface area contributed by atoms with Crippen molar-refractivity contribution in [3.8, 4) is 5.75 Å². The second-order valence-electron chi connectivity index (χ2n) is 6.39. The fraction of sp³-hybridized carbons (Fsp3) is 0.647. The summed E-state index contributed by atoms with van der Waals surface area (Å²) in [6, 6.07) is 4.79. The van der Waals surface area contributed by atoms with Gasteiger partial charge in [-0.3, -0.25) is 0 Å². The molecule has 2 N–H and O–H groups in total. The summed E-state index contributed by atoms with van der Waals surface area (Å²) in [5.41, 5.74) is 10.7. The van der Waals surface area contributed by atoms with Crippen molar-refractivity contribution >= 4 is 0 Å². The highest BCUT2D eigenvalue weighted by Crippen LogP contribution is 2.38. The number of methoxy groups -OCH3 is 1. The normalized spacial score (nSPS) is 24.4. The standard InChI is InChI=1S/C17H26N2O/c1-19-9-7-12(8-10-19)14-5-6-17(20-2)15-4-3-13(18)11-16(14)15/h5-6,12-13H,3-4,7-11,18H2,1-2H3. The average Bonchev–Trinajstić information content (AvgIpc) is 2.47. The number of nitrogens with zero attached hydrogens (tertiary/aromatic N) is 1. The third-order valence-corrected chi connectivity index (χ3v) is 5.03. The number of benzene rings is 1. The molecule has 1 heterocycles. The molecule has 0 radical (unpaired) electrons. The minimum Gasteiger partial charge on any atom is -0.496 e. The summed E-state index contributed by atoms with van der Waals surface area (Å²) >= 11 is 0. The molecule has 1 aromatic rings. The fourth-order valence-electron chi connectivity index (χ4n) is 3.79. The van der Waals surface area contributed by atoms with Crippen LogP contribution in [0.1, 0.15) is 41.9 Å². The van der Waals surface area contributed by atoms with Crippen molar-refractivity contribution in [2.45, 2.75) is 44.1 Å². The van der Waals surface area contributed by atoms with E-state index in [1.54, 1.807) is 12.7 Å². The topological polar surface area (TPSA) is 38.5 Å². The maximum absolute atomic E-state index is 6.21. The van der Waals surface area contributed by atoms with Crippen LogP contribution in [-0.2, 0) is 12.8 Å². The first kappa shape index (κ1) is 13.9. The van der Waals surface area contributed by atoms with Gasteiger partial charge >= 0.3 is 0 Å². The largest absolute Gasteiger partial charge is 0.496 e. The van der Waals surface area contributed by atoms with E-state index in [9.17, 15) is 0 Å². The van der Waals surface area contributed by atoms with Crippen LogP contribution in [-0.4, -0.2) is 38.2 Å². The minimum absolute atomic E-state index is 0.319. The van der Waals surface area contributed by atoms with Crippen molar-refractivity contribution < 1.29 is 4.74 Å². The fourth-order valence-corrected chi connectivity index (χ4v) is 3.79. The van der Waals surface area contributed by atoms with Gasteiger partial charge in [-0.2, -0.15) is 0 Å². The molecule has 1 aromatic carbocycles. The second-order valence-corrected chi connectivity index (χ2v) is 6.39. The predicted molar refractivity (Wildman–Crippen MR) is 82.5 cm³/mol. The van der Waals surface area contributed by atoms with Gasteiger partial charge in [0.1, 0.15) is 5.75 Å². The lowest BCUT2D eigenvalue weighted by Gasteiger charge is -2.33. The molecule has 0 amide bonds. The number of fused-ring (bicyclic) bond motifs is 1. The Kier molecular flexibility index (Phi) is 3.99. The monoisotopic (exact) mass is 274 g/mol. The van der Waals surface area contributed by atoms with Crippen molar-refractivity contribution in [2.75, 3.05) is 27.2 Å². The highest BCUT2D eigenvalue weighted by Gasteiger charge is 2.26. The Labute approximate surface area is 122 Å². The van der Waals surface area contributed by atoms with E-state index in [1.165, 1.54) is 37.1 Å². The number of hydrogen-bond donors (Lipinski definition) is 1. The lowest BCUT2D eigenvalue weighted by molar-refractivity contribution is 0.254. The van der Waals surface area contributed by atoms with Crippen LogP contribution in [0.15, 0.2) is 12.1 Å². The summed E-state index contributed by atoms with van der Waals surface area (Å²) in [6.07, 6.45) is 5.71. The molecular weight excluding hydrogens is 248 g/mol. The number of rotatable bonds is 2. The molecule has 110 valence electrons. The van der Waals surface area contributed by atoms with E-state index in [-0.39, 0.29) is 0 Å². The van der Waals surface area contributed by atoms with Crippen molar-refractivity contribution in [3.05, 3.63) is 28.8 Å². The molecule has 1 saturated heterocycles. The highest BCUT2D eigenvalue weighted by molar-refractivity contribution is 5.48. The van der Waals surface area contributed by atoms with E-state index in [0.29, 0.717) is 12.0 Å². The molecule has 0 saturated carbocycles. The Morgan fingerprint density at radius 2 is 1.90 bits per heavy atom. The summed E-state index contributed by atoms with van der Waals surface area (Å²) in [4.78, 5) is 2.43. The molecule has 0 spiro atoms. The summed E-state index contributed by atoms with van der Waals surface area (Å²) in [6.45, 7) is 2.41. The van der Waals surface area contributed by atoms with E-state index >= 15 is 0 Å². The Morgan fingerprint density at radius 3 is 2.60 bits per heavy atom. The van der Waals surface area contributed by atoms with Gasteiger partial charge in [-0.15, -0.1) is 0 Å². The van der Waals surface area contributed by atoms with E-state index in [4.69, 9.17) is 10.5 Å². The first-order valence-electron chi connectivity index (χ1n) is 7.81. The van der Waals surface area contributed by atoms with Gasteiger partial charge in [-0.1, -0.05) is 6.07 Å². The molecule has 0 aromatic heterocycles. The quantitative estimate of drug-likeness (QED) is 0.899. The first-order chi connectivity index (χ1) is 9.69. The van der Waals surface area contributed by atoms with E-state index in [2.05, 4.69) is 24.1 Å². The van der Waals surface area contributed by atoms with Crippen molar-refractivity contribution in [1.82, 2.24) is 4.90 Å². The van der Waals surface area contributed by atoms with Gasteiger partial charge in [0.2, 0.25) is 0 Å². The average molecular weight is 274 g/mol. The van der Waals surface area contributed by atoms with Gasteiger partial charge in [0.15, 0.2) is 0 Å². The van der Waals surface area contributed by atoms with Gasteiger partial charge < -0.3 is 15.4 Å². The van der Waals surface area contributed by atoms with E-state index < -0.39 is 0 Å². The summed E-state index contributed by atoms with van der Waals surface area (Å²) < 4.78 is 5.56. The first-order valence-corrected chi connectivity index (χ1v) is 7.81. The number of ether oxygens (including phenoxy) is 1. The zero-order valence-electron chi connectivity index (χ0n) is 12.7. The van der Waals surface area contributed by atoms with Crippen molar-refractivity contribution in [2.24, 2.45) is 5.73 Å². The summed E-state index contributed by atoms with van der Waals surface area (Å²) in [5.74, 6) is 1.76. The molecular formula is C17H26N2O. The van der Waals surface area contributed by atoms with E-state index in [0.717, 1.165) is 25.0 Å². The molecule has 1 unspecified atom stereocenters. The molecule has 2 aliphatic rings. The SMILES string of the molecule is COc1ccc(C2CCN(C)CC2)c2c1CCC(N)C2. The summed E-state index contributed by atoms with van der Waals surface area (Å²) in [5, 5.41) is 0. The number of piperidine rings is 1. The molecule has 1 atom stereocenters. The minimum atomic E-state index is 0.319. The second kappa shape index (κ2) is 5.74. The van der Waals surface area contributed by atoms with Gasteiger partial charge in [-0.05, 0) is 80.9 Å². The van der Waals surface area contributed by atoms with Gasteiger partial charge in [0, 0.05) is 6.04 Å². The molecule has 3 nitrogen and oxygen atoms in total. The Morgan fingerprint density at radius 1 is 1.15 bits per heavy atom. The Balaban J connectivity index is 1.95. The van der Waals surface area contributed by atoms with Crippen LogP contribution in [0.25, 0.3) is 0 Å². The van der Waals surface area contributed by atoms with Gasteiger partial charge in [0.05, 0.1) is 7.11 Å². The van der Waals surface area contributed by atoms with E-state index in [1.807, 2.05) is 0 Å². The van der Waals surface area contributed by atoms with Crippen LogP contribution in [0.5, 0.6) is 5.75 Å². The Bertz CT molecular complexity index is 478. The van der Waals surface area contributed by atoms with Gasteiger partial charge in [-0.25, -0.2) is 0 Å². The smallest absolute Gasteiger partial charge is 0.122 e. The van der Waals surface area contributed by atoms with Crippen LogP contribution in [0, 0.1) is 0 Å². The third kappa shape index (κ3) is 2.57. The third-order valence-electron chi connectivity index (χ3n) is 5.03. The molecule has 0 bridgehead atoms. The molecule has 3 rings (SSSR count). The maximum Gasteiger partial charge on any atom is 0.122 e. The lowest BCUT2D eigenvalue weighted by Crippen LogP contribution is -2.32. The lowest BCUT2D eigenvalue weighted by atomic mass is 9.79. The van der Waals surface area contributed by atoms with Crippen molar-refractivity contribution in [1.29, 1.82) is 0 Å². The van der Waals surface area contributed by atoms with Crippen LogP contribution >= 0.6 is 0 Å². The van der Waals surface area contributed by atoms with Crippen LogP contribution in [0.3, 0.4) is 0 Å². The zero-order valence-corrected chi connectivity index (χ0v) is 12.7. The van der Waals surface area contributed by atoms with Gasteiger partial charge in [0.25, 0.3) is 0 Å².